The van der Waals surface area contributed by atoms with Crippen LogP contribution in [-0.2, 0) is 33.8 Å². The molecule has 0 atom stereocenters. The quantitative estimate of drug-likeness (QED) is 0.106. The third kappa shape index (κ3) is 6.52. The highest BCUT2D eigenvalue weighted by atomic mass is 32.1. The summed E-state index contributed by atoms with van der Waals surface area (Å²) in [5.41, 5.74) is 2.61. The van der Waals surface area contributed by atoms with Crippen molar-refractivity contribution in [3.8, 4) is 0 Å². The fraction of sp³-hybridized carbons (Fsp3) is 0.143. The van der Waals surface area contributed by atoms with E-state index in [0.717, 1.165) is 11.1 Å². The molecule has 38 heavy (non-hydrogen) atoms. The lowest BCUT2D eigenvalue weighted by Crippen LogP contribution is -2.02. The van der Waals surface area contributed by atoms with Crippen molar-refractivity contribution in [3.63, 3.8) is 0 Å². The Morgan fingerprint density at radius 1 is 0.447 bits per heavy atom. The molecule has 0 aliphatic heterocycles. The van der Waals surface area contributed by atoms with E-state index in [4.69, 9.17) is 0 Å². The molecule has 0 spiro atoms. The summed E-state index contributed by atoms with van der Waals surface area (Å²) >= 11 is 0. The molecular formula is C28H26N2O6P2. The van der Waals surface area contributed by atoms with E-state index in [-0.39, 0.29) is 36.0 Å². The molecule has 0 radical (unpaired) electrons. The summed E-state index contributed by atoms with van der Waals surface area (Å²) in [6.45, 7) is -7.07. The zero-order valence-electron chi connectivity index (χ0n) is 20.5. The van der Waals surface area contributed by atoms with E-state index in [1.54, 1.807) is 24.3 Å². The van der Waals surface area contributed by atoms with Gasteiger partial charge in [-0.2, -0.15) is 0 Å². The van der Waals surface area contributed by atoms with Crippen LogP contribution in [0.15, 0.2) is 109 Å². The van der Waals surface area contributed by atoms with E-state index in [2.05, 4.69) is 0 Å². The van der Waals surface area contributed by atoms with Crippen LogP contribution in [0, 0.1) is 20.2 Å². The van der Waals surface area contributed by atoms with E-state index in [9.17, 15) is 20.2 Å². The van der Waals surface area contributed by atoms with Gasteiger partial charge in [-0.1, -0.05) is 84.9 Å². The minimum absolute atomic E-state index is 0.0150. The van der Waals surface area contributed by atoms with Crippen LogP contribution in [0.4, 0.5) is 11.4 Å². The van der Waals surface area contributed by atoms with Crippen LogP contribution >= 0.6 is 13.7 Å². The number of non-ortho nitro benzene ring substituents is 2. The van der Waals surface area contributed by atoms with E-state index in [0.29, 0.717) is 11.1 Å². The molecule has 4 rings (SSSR count). The van der Waals surface area contributed by atoms with Crippen molar-refractivity contribution in [1.29, 1.82) is 0 Å². The Morgan fingerprint density at radius 3 is 0.974 bits per heavy atom. The van der Waals surface area contributed by atoms with Crippen LogP contribution in [0.5, 0.6) is 0 Å². The maximum atomic E-state index is 15.1. The number of nitro groups is 2. The Bertz CT molecular complexity index is 1400. The molecule has 4 aromatic rings. The average molecular weight is 548 g/mol. The first-order valence-corrected chi connectivity index (χ1v) is 16.7. The molecule has 0 bridgehead atoms. The first-order chi connectivity index (χ1) is 18.2. The predicted octanol–water partition coefficient (Wildman–Crippen LogP) is 8.24. The molecule has 4 aromatic carbocycles. The smallest absolute Gasteiger partial charge is 0.269 e. The maximum absolute atomic E-state index is 15.1. The predicted molar refractivity (Wildman–Crippen MR) is 149 cm³/mol. The lowest BCUT2D eigenvalue weighted by atomic mass is 10.2. The van der Waals surface area contributed by atoms with Crippen LogP contribution in [0.25, 0.3) is 0 Å². The average Bonchev–Trinajstić information content (AvgIpc) is 2.90. The normalized spacial score (nSPS) is 11.7. The van der Waals surface area contributed by atoms with Crippen LogP contribution in [0.3, 0.4) is 0 Å². The van der Waals surface area contributed by atoms with Crippen LogP contribution in [0.1, 0.15) is 22.3 Å². The summed E-state index contributed by atoms with van der Waals surface area (Å²) in [7, 11) is 0. The summed E-state index contributed by atoms with van der Waals surface area (Å²) in [5, 5.41) is 22.3. The van der Waals surface area contributed by atoms with Gasteiger partial charge in [-0.15, -0.1) is 0 Å². The van der Waals surface area contributed by atoms with Gasteiger partial charge in [0.1, 0.15) is 0 Å². The molecule has 0 N–H and O–H groups in total. The second-order valence-corrected chi connectivity index (χ2v) is 18.2. The van der Waals surface area contributed by atoms with Crippen molar-refractivity contribution in [2.24, 2.45) is 0 Å². The number of hydrogen-bond acceptors (Lipinski definition) is 6. The second kappa shape index (κ2) is 11.7. The summed E-state index contributed by atoms with van der Waals surface area (Å²) < 4.78 is 30.1. The Labute approximate surface area is 220 Å². The molecule has 0 saturated carbocycles. The molecular weight excluding hydrogens is 522 g/mol. The van der Waals surface area contributed by atoms with Crippen molar-refractivity contribution in [3.05, 3.63) is 152 Å². The number of hydrogen-bond donors (Lipinski definition) is 0. The van der Waals surface area contributed by atoms with E-state index < -0.39 is 23.5 Å². The third-order valence-electron chi connectivity index (χ3n) is 6.36. The minimum atomic E-state index is -3.58. The van der Waals surface area contributed by atoms with Gasteiger partial charge in [0.25, 0.3) is 11.4 Å². The fourth-order valence-corrected chi connectivity index (χ4v) is 13.8. The van der Waals surface area contributed by atoms with Gasteiger partial charge < -0.3 is 9.13 Å². The van der Waals surface area contributed by atoms with E-state index in [1.165, 1.54) is 24.3 Å². The molecule has 10 heteroatoms. The summed E-state index contributed by atoms with van der Waals surface area (Å²) in [4.78, 5) is 21.3. The van der Waals surface area contributed by atoms with Gasteiger partial charge in [0.2, 0.25) is 0 Å². The highest BCUT2D eigenvalue weighted by molar-refractivity contribution is 8.34. The largest absolute Gasteiger partial charge is 0.315 e. The van der Waals surface area contributed by atoms with Crippen LogP contribution in [-0.4, -0.2) is 9.85 Å². The van der Waals surface area contributed by atoms with Crippen molar-refractivity contribution >= 4 is 25.0 Å². The van der Waals surface area contributed by atoms with Gasteiger partial charge >= 0.3 is 0 Å². The monoisotopic (exact) mass is 548 g/mol. The Morgan fingerprint density at radius 2 is 0.711 bits per heavy atom. The Kier molecular flexibility index (Phi) is 8.35. The highest BCUT2D eigenvalue weighted by Gasteiger charge is 2.43. The molecule has 0 saturated heterocycles. The lowest BCUT2D eigenvalue weighted by molar-refractivity contribution is -0.385. The molecule has 0 amide bonds. The molecule has 194 valence electrons. The van der Waals surface area contributed by atoms with Gasteiger partial charge in [0.15, 0.2) is 13.7 Å². The summed E-state index contributed by atoms with van der Waals surface area (Å²) in [6, 6.07) is 30.2. The van der Waals surface area contributed by atoms with Crippen molar-refractivity contribution in [2.75, 3.05) is 0 Å². The zero-order chi connectivity index (χ0) is 27.2. The molecule has 0 aliphatic rings. The third-order valence-corrected chi connectivity index (χ3v) is 16.8. The summed E-state index contributed by atoms with van der Waals surface area (Å²) in [6.07, 6.45) is 0.220. The highest BCUT2D eigenvalue weighted by Crippen LogP contribution is 2.86. The SMILES string of the molecule is O=[N+]([O-])c1ccc(CP(=O)(Cc2ccc([N+](=O)[O-])cc2)P(=O)(Cc2ccccc2)Cc2ccccc2)cc1. The fourth-order valence-electron chi connectivity index (χ4n) is 4.38. The van der Waals surface area contributed by atoms with Gasteiger partial charge in [-0.25, -0.2) is 0 Å². The zero-order valence-corrected chi connectivity index (χ0v) is 22.2. The van der Waals surface area contributed by atoms with Gasteiger partial charge in [0, 0.05) is 48.9 Å². The lowest BCUT2D eigenvalue weighted by Gasteiger charge is -2.29. The van der Waals surface area contributed by atoms with Crippen molar-refractivity contribution in [1.82, 2.24) is 0 Å². The van der Waals surface area contributed by atoms with Crippen LogP contribution in [0.2, 0.25) is 0 Å². The molecule has 0 fully saturated rings. The van der Waals surface area contributed by atoms with Gasteiger partial charge in [0.05, 0.1) is 9.85 Å². The van der Waals surface area contributed by atoms with Gasteiger partial charge in [-0.3, -0.25) is 20.2 Å². The maximum Gasteiger partial charge on any atom is 0.269 e. The van der Waals surface area contributed by atoms with Crippen molar-refractivity contribution in [2.45, 2.75) is 24.6 Å². The van der Waals surface area contributed by atoms with Gasteiger partial charge in [-0.05, 0) is 22.3 Å². The number of nitrogens with zero attached hydrogens (tertiary/aromatic N) is 2. The Hall–Kier alpha value is -3.86. The molecule has 0 heterocycles. The Balaban J connectivity index is 1.80. The van der Waals surface area contributed by atoms with E-state index in [1.807, 2.05) is 60.7 Å². The molecule has 0 aliphatic carbocycles. The van der Waals surface area contributed by atoms with E-state index >= 15 is 9.13 Å². The number of nitro benzene ring substituents is 2. The first kappa shape index (κ1) is 27.2. The molecule has 0 unspecified atom stereocenters. The van der Waals surface area contributed by atoms with Crippen molar-refractivity contribution < 1.29 is 19.0 Å². The minimum Gasteiger partial charge on any atom is -0.315 e. The summed E-state index contributed by atoms with van der Waals surface area (Å²) in [5.74, 6) is 0. The first-order valence-electron chi connectivity index (χ1n) is 11.9. The second-order valence-electron chi connectivity index (χ2n) is 9.14. The van der Waals surface area contributed by atoms with Crippen LogP contribution < -0.4 is 0 Å². The molecule has 0 aromatic heterocycles. The molecule has 8 nitrogen and oxygen atoms in total. The standard InChI is InChI=1S/C28H26N2O6P2/c31-29(32)27-15-11-25(12-16-27)21-38(36,22-26-13-17-28(18-14-26)30(33)34)37(35,19-23-7-3-1-4-8-23)20-24-9-5-2-6-10-24/h1-18H,19-22H2. The number of benzene rings is 4. The topological polar surface area (TPSA) is 120 Å². The number of rotatable bonds is 11.